The Hall–Kier alpha value is -0.830. The summed E-state index contributed by atoms with van der Waals surface area (Å²) in [5, 5.41) is 8.41. The average molecular weight is 269 g/mol. The lowest BCUT2D eigenvalue weighted by Gasteiger charge is -2.02. The first-order valence-electron chi connectivity index (χ1n) is 7.87. The molecule has 0 aliphatic rings. The van der Waals surface area contributed by atoms with Crippen LogP contribution in [0.25, 0.3) is 0 Å². The molecule has 0 aliphatic heterocycles. The molecule has 3 N–H and O–H groups in total. The lowest BCUT2D eigenvalue weighted by molar-refractivity contribution is -0.131. The van der Waals surface area contributed by atoms with E-state index in [-0.39, 0.29) is 0 Å². The van der Waals surface area contributed by atoms with Crippen LogP contribution in [0, 0.1) is 0 Å². The minimum Gasteiger partial charge on any atom is -0.478 e. The van der Waals surface area contributed by atoms with Gasteiger partial charge in [0.25, 0.3) is 0 Å². The van der Waals surface area contributed by atoms with Crippen molar-refractivity contribution < 1.29 is 9.90 Å². The zero-order chi connectivity index (χ0) is 14.2. The van der Waals surface area contributed by atoms with E-state index in [1.165, 1.54) is 70.3 Å². The van der Waals surface area contributed by atoms with E-state index in [9.17, 15) is 4.79 Å². The van der Waals surface area contributed by atoms with Crippen molar-refractivity contribution in [3.63, 3.8) is 0 Å². The molecule has 0 bridgehead atoms. The van der Waals surface area contributed by atoms with Crippen LogP contribution in [0.15, 0.2) is 12.2 Å². The monoisotopic (exact) mass is 269 g/mol. The van der Waals surface area contributed by atoms with E-state index in [1.807, 2.05) is 0 Å². The van der Waals surface area contributed by atoms with E-state index < -0.39 is 5.97 Å². The van der Waals surface area contributed by atoms with Crippen molar-refractivity contribution in [1.82, 2.24) is 0 Å². The molecule has 0 rings (SSSR count). The van der Waals surface area contributed by atoms with Crippen LogP contribution in [-0.2, 0) is 4.79 Å². The second-order valence-electron chi connectivity index (χ2n) is 5.21. The summed E-state index contributed by atoms with van der Waals surface area (Å²) in [6, 6.07) is 0. The Morgan fingerprint density at radius 2 is 1.21 bits per heavy atom. The molecule has 0 amide bonds. The molecule has 0 saturated heterocycles. The average Bonchev–Trinajstić information content (AvgIpc) is 2.39. The van der Waals surface area contributed by atoms with Gasteiger partial charge in [-0.2, -0.15) is 0 Å². The van der Waals surface area contributed by atoms with E-state index >= 15 is 0 Å². The standard InChI is InChI=1S/C16H31NO2/c17-15-13-11-9-7-5-3-1-2-4-6-8-10-12-14-16(18)19/h12,14H,1-11,13,15,17H2,(H,18,19). The summed E-state index contributed by atoms with van der Waals surface area (Å²) in [7, 11) is 0. The van der Waals surface area contributed by atoms with Crippen molar-refractivity contribution in [2.45, 2.75) is 77.0 Å². The third-order valence-corrected chi connectivity index (χ3v) is 3.34. The second kappa shape index (κ2) is 15.2. The van der Waals surface area contributed by atoms with E-state index in [4.69, 9.17) is 10.8 Å². The van der Waals surface area contributed by atoms with Gasteiger partial charge in [0, 0.05) is 6.08 Å². The summed E-state index contributed by atoms with van der Waals surface area (Å²) in [5.74, 6) is -0.841. The molecule has 0 heterocycles. The van der Waals surface area contributed by atoms with Crippen LogP contribution in [0.3, 0.4) is 0 Å². The maximum absolute atomic E-state index is 10.2. The summed E-state index contributed by atoms with van der Waals surface area (Å²) in [6.07, 6.45) is 18.1. The maximum atomic E-state index is 10.2. The number of hydrogen-bond acceptors (Lipinski definition) is 2. The Morgan fingerprint density at radius 3 is 1.63 bits per heavy atom. The number of unbranched alkanes of at least 4 members (excludes halogenated alkanes) is 11. The van der Waals surface area contributed by atoms with Crippen molar-refractivity contribution in [2.24, 2.45) is 5.73 Å². The Bertz CT molecular complexity index is 227. The third kappa shape index (κ3) is 17.2. The molecule has 0 atom stereocenters. The highest BCUT2D eigenvalue weighted by Gasteiger charge is 1.93. The van der Waals surface area contributed by atoms with E-state index in [0.29, 0.717) is 0 Å². The number of aliphatic carboxylic acids is 1. The van der Waals surface area contributed by atoms with Gasteiger partial charge in [-0.15, -0.1) is 0 Å². The summed E-state index contributed by atoms with van der Waals surface area (Å²) < 4.78 is 0. The molecular formula is C16H31NO2. The Morgan fingerprint density at radius 1 is 0.789 bits per heavy atom. The van der Waals surface area contributed by atoms with E-state index in [1.54, 1.807) is 6.08 Å². The fourth-order valence-corrected chi connectivity index (χ4v) is 2.18. The van der Waals surface area contributed by atoms with Crippen molar-refractivity contribution in [1.29, 1.82) is 0 Å². The predicted octanol–water partition coefficient (Wildman–Crippen LogP) is 4.27. The third-order valence-electron chi connectivity index (χ3n) is 3.34. The SMILES string of the molecule is NCCCCCCCCCCCCCC=CC(=O)O. The Kier molecular flexibility index (Phi) is 14.6. The minimum atomic E-state index is -0.841. The normalized spacial score (nSPS) is 11.2. The van der Waals surface area contributed by atoms with E-state index in [2.05, 4.69) is 0 Å². The van der Waals surface area contributed by atoms with Crippen molar-refractivity contribution in [2.75, 3.05) is 6.54 Å². The van der Waals surface area contributed by atoms with Gasteiger partial charge in [-0.05, 0) is 25.8 Å². The van der Waals surface area contributed by atoms with Crippen LogP contribution in [0.2, 0.25) is 0 Å². The molecule has 0 aliphatic carbocycles. The predicted molar refractivity (Wildman–Crippen MR) is 81.2 cm³/mol. The summed E-state index contributed by atoms with van der Waals surface area (Å²) in [5.41, 5.74) is 5.45. The summed E-state index contributed by atoms with van der Waals surface area (Å²) in [6.45, 7) is 0.835. The quantitative estimate of drug-likeness (QED) is 0.366. The highest BCUT2D eigenvalue weighted by atomic mass is 16.4. The Labute approximate surface area is 118 Å². The number of rotatable bonds is 14. The number of carboxylic acid groups (broad SMARTS) is 1. The van der Waals surface area contributed by atoms with Crippen LogP contribution in [0.4, 0.5) is 0 Å². The second-order valence-corrected chi connectivity index (χ2v) is 5.21. The van der Waals surface area contributed by atoms with Gasteiger partial charge >= 0.3 is 5.97 Å². The smallest absolute Gasteiger partial charge is 0.327 e. The number of allylic oxidation sites excluding steroid dienone is 1. The van der Waals surface area contributed by atoms with Crippen molar-refractivity contribution in [3.8, 4) is 0 Å². The lowest BCUT2D eigenvalue weighted by Crippen LogP contribution is -1.97. The maximum Gasteiger partial charge on any atom is 0.327 e. The first-order chi connectivity index (χ1) is 9.27. The minimum absolute atomic E-state index is 0.835. The Balaban J connectivity index is 3.01. The van der Waals surface area contributed by atoms with Gasteiger partial charge in [0.05, 0.1) is 0 Å². The molecule has 3 nitrogen and oxygen atoms in total. The van der Waals surface area contributed by atoms with Gasteiger partial charge in [-0.25, -0.2) is 4.79 Å². The molecule has 112 valence electrons. The lowest BCUT2D eigenvalue weighted by atomic mass is 10.1. The van der Waals surface area contributed by atoms with Crippen molar-refractivity contribution in [3.05, 3.63) is 12.2 Å². The molecule has 0 aromatic rings. The highest BCUT2D eigenvalue weighted by molar-refractivity contribution is 5.79. The molecule has 0 aromatic heterocycles. The number of hydrogen-bond donors (Lipinski definition) is 2. The first kappa shape index (κ1) is 18.2. The van der Waals surface area contributed by atoms with E-state index in [0.717, 1.165) is 19.4 Å². The zero-order valence-electron chi connectivity index (χ0n) is 12.3. The first-order valence-corrected chi connectivity index (χ1v) is 7.87. The molecule has 3 heteroatoms. The largest absolute Gasteiger partial charge is 0.478 e. The topological polar surface area (TPSA) is 63.3 Å². The zero-order valence-corrected chi connectivity index (χ0v) is 12.3. The molecule has 0 fully saturated rings. The van der Waals surface area contributed by atoms with Gasteiger partial charge in [0.1, 0.15) is 0 Å². The molecular weight excluding hydrogens is 238 g/mol. The number of carboxylic acids is 1. The summed E-state index contributed by atoms with van der Waals surface area (Å²) >= 11 is 0. The van der Waals surface area contributed by atoms with Crippen LogP contribution < -0.4 is 5.73 Å². The number of carbonyl (C=O) groups is 1. The van der Waals surface area contributed by atoms with Gasteiger partial charge in [0.15, 0.2) is 0 Å². The van der Waals surface area contributed by atoms with Gasteiger partial charge < -0.3 is 10.8 Å². The molecule has 19 heavy (non-hydrogen) atoms. The van der Waals surface area contributed by atoms with Crippen LogP contribution >= 0.6 is 0 Å². The fourth-order valence-electron chi connectivity index (χ4n) is 2.18. The van der Waals surface area contributed by atoms with Gasteiger partial charge in [-0.1, -0.05) is 63.9 Å². The highest BCUT2D eigenvalue weighted by Crippen LogP contribution is 2.11. The molecule has 0 aromatic carbocycles. The molecule has 0 spiro atoms. The summed E-state index contributed by atoms with van der Waals surface area (Å²) in [4.78, 5) is 10.2. The fraction of sp³-hybridized carbons (Fsp3) is 0.812. The molecule has 0 saturated carbocycles. The van der Waals surface area contributed by atoms with Crippen LogP contribution in [0.1, 0.15) is 77.0 Å². The van der Waals surface area contributed by atoms with Crippen molar-refractivity contribution >= 4 is 5.97 Å². The van der Waals surface area contributed by atoms with Crippen LogP contribution in [0.5, 0.6) is 0 Å². The molecule has 0 unspecified atom stereocenters. The van der Waals surface area contributed by atoms with Gasteiger partial charge in [0.2, 0.25) is 0 Å². The molecule has 0 radical (unpaired) electrons. The van der Waals surface area contributed by atoms with Gasteiger partial charge in [-0.3, -0.25) is 0 Å². The van der Waals surface area contributed by atoms with Crippen LogP contribution in [-0.4, -0.2) is 17.6 Å². The number of nitrogens with two attached hydrogens (primary N) is 1.